The average molecular weight is 293 g/mol. The van der Waals surface area contributed by atoms with Crippen LogP contribution < -0.4 is 5.32 Å². The zero-order valence-electron chi connectivity index (χ0n) is 12.9. The Balaban J connectivity index is 2.06. The van der Waals surface area contributed by atoms with E-state index in [2.05, 4.69) is 15.4 Å². The summed E-state index contributed by atoms with van der Waals surface area (Å²) in [6, 6.07) is 0. The highest BCUT2D eigenvalue weighted by Crippen LogP contribution is 2.16. The minimum absolute atomic E-state index is 0.645. The summed E-state index contributed by atoms with van der Waals surface area (Å²) in [5.41, 5.74) is 1.95. The highest BCUT2D eigenvalue weighted by Gasteiger charge is 2.09. The number of hydrogen-bond acceptors (Lipinski definition) is 5. The predicted octanol–water partition coefficient (Wildman–Crippen LogP) is 1.47. The predicted molar refractivity (Wildman–Crippen MR) is 80.9 cm³/mol. The molecule has 2 aromatic heterocycles. The van der Waals surface area contributed by atoms with E-state index in [1.54, 1.807) is 14.2 Å². The summed E-state index contributed by atoms with van der Waals surface area (Å²) >= 11 is 0. The van der Waals surface area contributed by atoms with Crippen LogP contribution in [0, 0.1) is 6.92 Å². The molecule has 0 amide bonds. The standard InChI is InChI=1S/C14H23N5O2/c1-12-10-19(14(17-12)15-5-4-7-20-2)13-9-16-18(11-13)6-8-21-3/h9-11H,4-8H2,1-3H3,(H,15,17). The van der Waals surface area contributed by atoms with E-state index < -0.39 is 0 Å². The van der Waals surface area contributed by atoms with Crippen LogP contribution in [0.4, 0.5) is 5.95 Å². The number of anilines is 1. The molecule has 2 heterocycles. The van der Waals surface area contributed by atoms with E-state index >= 15 is 0 Å². The van der Waals surface area contributed by atoms with Gasteiger partial charge in [-0.3, -0.25) is 9.25 Å². The summed E-state index contributed by atoms with van der Waals surface area (Å²) in [5, 5.41) is 7.66. The molecule has 1 N–H and O–H groups in total. The summed E-state index contributed by atoms with van der Waals surface area (Å²) in [5.74, 6) is 0.829. The summed E-state index contributed by atoms with van der Waals surface area (Å²) < 4.78 is 14.0. The van der Waals surface area contributed by atoms with Crippen molar-refractivity contribution >= 4 is 5.95 Å². The Morgan fingerprint density at radius 1 is 1.19 bits per heavy atom. The van der Waals surface area contributed by atoms with Crippen LogP contribution in [0.3, 0.4) is 0 Å². The third-order valence-corrected chi connectivity index (χ3v) is 3.06. The maximum atomic E-state index is 5.06. The monoisotopic (exact) mass is 293 g/mol. The Kier molecular flexibility index (Phi) is 5.77. The molecule has 0 aliphatic rings. The molecule has 0 unspecified atom stereocenters. The number of ether oxygens (including phenoxy) is 2. The Labute approximate surface area is 124 Å². The van der Waals surface area contributed by atoms with Gasteiger partial charge < -0.3 is 14.8 Å². The Hall–Kier alpha value is -1.86. The van der Waals surface area contributed by atoms with Crippen molar-refractivity contribution in [2.75, 3.05) is 39.3 Å². The van der Waals surface area contributed by atoms with Gasteiger partial charge in [0.25, 0.3) is 0 Å². The van der Waals surface area contributed by atoms with Crippen molar-refractivity contribution in [3.8, 4) is 5.69 Å². The second-order valence-electron chi connectivity index (χ2n) is 4.80. The molecule has 21 heavy (non-hydrogen) atoms. The third kappa shape index (κ3) is 4.30. The van der Waals surface area contributed by atoms with Crippen LogP contribution in [0.5, 0.6) is 0 Å². The van der Waals surface area contributed by atoms with Gasteiger partial charge in [0.05, 0.1) is 30.7 Å². The molecule has 0 aromatic carbocycles. The second-order valence-corrected chi connectivity index (χ2v) is 4.80. The number of aryl methyl sites for hydroxylation is 1. The van der Waals surface area contributed by atoms with Gasteiger partial charge in [0.2, 0.25) is 5.95 Å². The lowest BCUT2D eigenvalue weighted by atomic mass is 10.4. The zero-order chi connectivity index (χ0) is 15.1. The number of rotatable bonds is 9. The minimum Gasteiger partial charge on any atom is -0.385 e. The van der Waals surface area contributed by atoms with Crippen LogP contribution in [0.1, 0.15) is 12.1 Å². The highest BCUT2D eigenvalue weighted by atomic mass is 16.5. The molecule has 0 fully saturated rings. The normalized spacial score (nSPS) is 11.0. The van der Waals surface area contributed by atoms with Gasteiger partial charge in [-0.2, -0.15) is 5.10 Å². The van der Waals surface area contributed by atoms with E-state index in [1.165, 1.54) is 0 Å². The molecular formula is C14H23N5O2. The minimum atomic E-state index is 0.645. The molecular weight excluding hydrogens is 270 g/mol. The SMILES string of the molecule is COCCCNc1nc(C)cn1-c1cnn(CCOC)c1. The quantitative estimate of drug-likeness (QED) is 0.709. The fourth-order valence-corrected chi connectivity index (χ4v) is 2.02. The molecule has 0 saturated heterocycles. The number of nitrogens with zero attached hydrogens (tertiary/aromatic N) is 4. The van der Waals surface area contributed by atoms with E-state index in [-0.39, 0.29) is 0 Å². The van der Waals surface area contributed by atoms with Gasteiger partial charge in [-0.15, -0.1) is 0 Å². The van der Waals surface area contributed by atoms with Gasteiger partial charge >= 0.3 is 0 Å². The van der Waals surface area contributed by atoms with Crippen LogP contribution >= 0.6 is 0 Å². The molecule has 2 aromatic rings. The van der Waals surface area contributed by atoms with Gasteiger partial charge in [0.1, 0.15) is 0 Å². The molecule has 0 spiro atoms. The lowest BCUT2D eigenvalue weighted by molar-refractivity contribution is 0.183. The molecule has 116 valence electrons. The van der Waals surface area contributed by atoms with E-state index in [4.69, 9.17) is 9.47 Å². The van der Waals surface area contributed by atoms with Crippen molar-refractivity contribution in [2.45, 2.75) is 19.9 Å². The molecule has 2 rings (SSSR count). The van der Waals surface area contributed by atoms with Crippen LogP contribution in [0.2, 0.25) is 0 Å². The third-order valence-electron chi connectivity index (χ3n) is 3.06. The first kappa shape index (κ1) is 15.5. The number of aromatic nitrogens is 4. The van der Waals surface area contributed by atoms with Crippen LogP contribution in [-0.4, -0.2) is 53.3 Å². The molecule has 0 saturated carbocycles. The summed E-state index contributed by atoms with van der Waals surface area (Å²) in [4.78, 5) is 4.51. The number of hydrogen-bond donors (Lipinski definition) is 1. The molecule has 0 aliphatic carbocycles. The Morgan fingerprint density at radius 3 is 2.76 bits per heavy atom. The molecule has 0 radical (unpaired) electrons. The first-order chi connectivity index (χ1) is 10.2. The van der Waals surface area contributed by atoms with Gasteiger partial charge in [0.15, 0.2) is 0 Å². The topological polar surface area (TPSA) is 66.1 Å². The fraction of sp³-hybridized carbons (Fsp3) is 0.571. The fourth-order valence-electron chi connectivity index (χ4n) is 2.02. The maximum Gasteiger partial charge on any atom is 0.207 e. The first-order valence-corrected chi connectivity index (χ1v) is 7.05. The van der Waals surface area contributed by atoms with Crippen molar-refractivity contribution in [2.24, 2.45) is 0 Å². The van der Waals surface area contributed by atoms with E-state index in [1.807, 2.05) is 34.8 Å². The number of methoxy groups -OCH3 is 2. The largest absolute Gasteiger partial charge is 0.385 e. The average Bonchev–Trinajstić information content (AvgIpc) is 3.08. The molecule has 0 aliphatic heterocycles. The van der Waals surface area contributed by atoms with Crippen molar-refractivity contribution in [3.63, 3.8) is 0 Å². The van der Waals surface area contributed by atoms with Crippen molar-refractivity contribution in [1.82, 2.24) is 19.3 Å². The van der Waals surface area contributed by atoms with E-state index in [0.717, 1.165) is 43.4 Å². The lowest BCUT2D eigenvalue weighted by Gasteiger charge is -2.07. The van der Waals surface area contributed by atoms with Crippen LogP contribution in [-0.2, 0) is 16.0 Å². The number of nitrogens with one attached hydrogen (secondary N) is 1. The smallest absolute Gasteiger partial charge is 0.207 e. The van der Waals surface area contributed by atoms with Crippen LogP contribution in [0.25, 0.3) is 5.69 Å². The molecule has 7 heteroatoms. The summed E-state index contributed by atoms with van der Waals surface area (Å²) in [6.07, 6.45) is 6.75. The molecule has 0 bridgehead atoms. The molecule has 7 nitrogen and oxygen atoms in total. The number of imidazole rings is 1. The zero-order valence-corrected chi connectivity index (χ0v) is 12.9. The first-order valence-electron chi connectivity index (χ1n) is 7.05. The van der Waals surface area contributed by atoms with E-state index in [0.29, 0.717) is 6.61 Å². The van der Waals surface area contributed by atoms with Gasteiger partial charge in [-0.25, -0.2) is 4.98 Å². The maximum absolute atomic E-state index is 5.06. The van der Waals surface area contributed by atoms with Crippen molar-refractivity contribution < 1.29 is 9.47 Å². The van der Waals surface area contributed by atoms with Crippen molar-refractivity contribution in [3.05, 3.63) is 24.3 Å². The Bertz CT molecular complexity index is 549. The Morgan fingerprint density at radius 2 is 2.00 bits per heavy atom. The summed E-state index contributed by atoms with van der Waals surface area (Å²) in [6.45, 7) is 4.92. The van der Waals surface area contributed by atoms with Crippen LogP contribution in [0.15, 0.2) is 18.6 Å². The summed E-state index contributed by atoms with van der Waals surface area (Å²) in [7, 11) is 3.39. The van der Waals surface area contributed by atoms with Crippen molar-refractivity contribution in [1.29, 1.82) is 0 Å². The van der Waals surface area contributed by atoms with Gasteiger partial charge in [0, 0.05) is 39.8 Å². The highest BCUT2D eigenvalue weighted by molar-refractivity contribution is 5.40. The molecule has 0 atom stereocenters. The van der Waals surface area contributed by atoms with E-state index in [9.17, 15) is 0 Å². The lowest BCUT2D eigenvalue weighted by Crippen LogP contribution is -2.09. The van der Waals surface area contributed by atoms with Gasteiger partial charge in [-0.1, -0.05) is 0 Å². The van der Waals surface area contributed by atoms with Gasteiger partial charge in [-0.05, 0) is 13.3 Å². The second kappa shape index (κ2) is 7.80.